The Bertz CT molecular complexity index is 780. The molecule has 5 heteroatoms. The number of ether oxygens (including phenoxy) is 1. The number of fused-ring (bicyclic) bond motifs is 1. The molecule has 0 unspecified atom stereocenters. The zero-order chi connectivity index (χ0) is 13.9. The number of phenols is 1. The normalized spacial score (nSPS) is 11.2. The number of benzene rings is 2. The smallest absolute Gasteiger partial charge is 0.210 e. The Morgan fingerprint density at radius 1 is 1.25 bits per heavy atom. The molecule has 1 aromatic heterocycles. The summed E-state index contributed by atoms with van der Waals surface area (Å²) in [6, 6.07) is 12.8. The molecule has 100 valence electrons. The van der Waals surface area contributed by atoms with Crippen LogP contribution in [0, 0.1) is 0 Å². The van der Waals surface area contributed by atoms with Crippen LogP contribution in [0.5, 0.6) is 11.5 Å². The molecule has 0 fully saturated rings. The maximum absolute atomic E-state index is 9.67. The summed E-state index contributed by atoms with van der Waals surface area (Å²) in [4.78, 5) is 8.73. The van der Waals surface area contributed by atoms with Crippen molar-refractivity contribution >= 4 is 32.9 Å². The molecule has 3 rings (SSSR count). The Labute approximate surface area is 120 Å². The highest BCUT2D eigenvalue weighted by Gasteiger charge is 2.04. The number of aliphatic imine (C=N–C) groups is 1. The molecule has 3 aromatic rings. The van der Waals surface area contributed by atoms with Gasteiger partial charge in [-0.1, -0.05) is 23.5 Å². The Hall–Kier alpha value is -2.40. The van der Waals surface area contributed by atoms with Gasteiger partial charge >= 0.3 is 0 Å². The quantitative estimate of drug-likeness (QED) is 0.745. The molecular formula is C15H12N2O2S. The molecular weight excluding hydrogens is 272 g/mol. The molecule has 1 heterocycles. The highest BCUT2D eigenvalue weighted by Crippen LogP contribution is 2.30. The summed E-state index contributed by atoms with van der Waals surface area (Å²) in [5.74, 6) is 1.01. The molecule has 0 aliphatic rings. The summed E-state index contributed by atoms with van der Waals surface area (Å²) in [6.45, 7) is 0. The molecule has 20 heavy (non-hydrogen) atoms. The minimum Gasteiger partial charge on any atom is -0.507 e. The second-order valence-corrected chi connectivity index (χ2v) is 5.16. The van der Waals surface area contributed by atoms with E-state index in [0.29, 0.717) is 10.7 Å². The number of hydrogen-bond donors (Lipinski definition) is 1. The van der Waals surface area contributed by atoms with Crippen LogP contribution in [0.15, 0.2) is 47.5 Å². The van der Waals surface area contributed by atoms with Crippen molar-refractivity contribution in [3.05, 3.63) is 48.0 Å². The van der Waals surface area contributed by atoms with Crippen LogP contribution in [-0.4, -0.2) is 23.4 Å². The van der Waals surface area contributed by atoms with Crippen molar-refractivity contribution in [1.82, 2.24) is 4.98 Å². The van der Waals surface area contributed by atoms with Crippen molar-refractivity contribution in [2.45, 2.75) is 0 Å². The molecule has 0 bridgehead atoms. The highest BCUT2D eigenvalue weighted by atomic mass is 32.1. The van der Waals surface area contributed by atoms with Gasteiger partial charge in [0.2, 0.25) is 5.13 Å². The van der Waals surface area contributed by atoms with Gasteiger partial charge in [0, 0.05) is 11.8 Å². The first kappa shape index (κ1) is 12.6. The summed E-state index contributed by atoms with van der Waals surface area (Å²) < 4.78 is 6.21. The van der Waals surface area contributed by atoms with Gasteiger partial charge in [-0.2, -0.15) is 0 Å². The summed E-state index contributed by atoms with van der Waals surface area (Å²) >= 11 is 1.48. The standard InChI is InChI=1S/C15H12N2O2S/c1-19-11-6-7-12-14(8-11)20-15(17-12)16-9-10-4-2-3-5-13(10)18/h2-9,18H,1H3. The monoisotopic (exact) mass is 284 g/mol. The van der Waals surface area contributed by atoms with E-state index >= 15 is 0 Å². The number of nitrogens with zero attached hydrogens (tertiary/aromatic N) is 2. The van der Waals surface area contributed by atoms with Crippen LogP contribution < -0.4 is 4.74 Å². The van der Waals surface area contributed by atoms with Crippen molar-refractivity contribution in [3.63, 3.8) is 0 Å². The average molecular weight is 284 g/mol. The summed E-state index contributed by atoms with van der Waals surface area (Å²) in [6.07, 6.45) is 1.62. The lowest BCUT2D eigenvalue weighted by atomic mass is 10.2. The van der Waals surface area contributed by atoms with Gasteiger partial charge in [0.1, 0.15) is 11.5 Å². The van der Waals surface area contributed by atoms with Crippen LogP contribution >= 0.6 is 11.3 Å². The van der Waals surface area contributed by atoms with Gasteiger partial charge in [0.25, 0.3) is 0 Å². The summed E-state index contributed by atoms with van der Waals surface area (Å²) in [5, 5.41) is 10.3. The maximum Gasteiger partial charge on any atom is 0.210 e. The first-order valence-electron chi connectivity index (χ1n) is 6.03. The van der Waals surface area contributed by atoms with Crippen LogP contribution in [-0.2, 0) is 0 Å². The van der Waals surface area contributed by atoms with Crippen molar-refractivity contribution in [3.8, 4) is 11.5 Å². The fraction of sp³-hybridized carbons (Fsp3) is 0.0667. The number of thiazole rings is 1. The minimum absolute atomic E-state index is 0.207. The Morgan fingerprint density at radius 3 is 2.90 bits per heavy atom. The van der Waals surface area contributed by atoms with Crippen LogP contribution in [0.3, 0.4) is 0 Å². The van der Waals surface area contributed by atoms with E-state index in [1.54, 1.807) is 31.5 Å². The van der Waals surface area contributed by atoms with Crippen LogP contribution in [0.4, 0.5) is 5.13 Å². The Kier molecular flexibility index (Phi) is 3.35. The number of hydrogen-bond acceptors (Lipinski definition) is 5. The number of rotatable bonds is 3. The largest absolute Gasteiger partial charge is 0.507 e. The summed E-state index contributed by atoms with van der Waals surface area (Å²) in [7, 11) is 1.64. The number of aromatic hydroxyl groups is 1. The zero-order valence-corrected chi connectivity index (χ0v) is 11.6. The average Bonchev–Trinajstić information content (AvgIpc) is 2.88. The van der Waals surface area contributed by atoms with Gasteiger partial charge in [-0.3, -0.25) is 0 Å². The van der Waals surface area contributed by atoms with E-state index in [9.17, 15) is 5.11 Å². The van der Waals surface area contributed by atoms with Crippen molar-refractivity contribution in [1.29, 1.82) is 0 Å². The van der Waals surface area contributed by atoms with Crippen molar-refractivity contribution in [2.75, 3.05) is 7.11 Å². The molecule has 0 saturated carbocycles. The lowest BCUT2D eigenvalue weighted by molar-refractivity contribution is 0.415. The molecule has 1 N–H and O–H groups in total. The predicted octanol–water partition coefficient (Wildman–Crippen LogP) is 3.76. The lowest BCUT2D eigenvalue weighted by Crippen LogP contribution is -1.80. The fourth-order valence-corrected chi connectivity index (χ4v) is 2.64. The first-order valence-corrected chi connectivity index (χ1v) is 6.84. The van der Waals surface area contributed by atoms with Crippen LogP contribution in [0.25, 0.3) is 10.2 Å². The molecule has 0 atom stereocenters. The zero-order valence-electron chi connectivity index (χ0n) is 10.8. The topological polar surface area (TPSA) is 54.7 Å². The van der Waals surface area contributed by atoms with E-state index in [2.05, 4.69) is 9.98 Å². The molecule has 0 aliphatic carbocycles. The Balaban J connectivity index is 1.93. The number of para-hydroxylation sites is 1. The lowest BCUT2D eigenvalue weighted by Gasteiger charge is -1.96. The molecule has 0 amide bonds. The summed E-state index contributed by atoms with van der Waals surface area (Å²) in [5.41, 5.74) is 1.56. The molecule has 0 spiro atoms. The molecule has 0 saturated heterocycles. The third-order valence-electron chi connectivity index (χ3n) is 2.84. The Morgan fingerprint density at radius 2 is 2.10 bits per heavy atom. The molecule has 0 radical (unpaired) electrons. The van der Waals surface area contributed by atoms with E-state index in [1.165, 1.54) is 11.3 Å². The van der Waals surface area contributed by atoms with Gasteiger partial charge < -0.3 is 9.84 Å². The van der Waals surface area contributed by atoms with E-state index in [0.717, 1.165) is 16.0 Å². The van der Waals surface area contributed by atoms with E-state index in [-0.39, 0.29) is 5.75 Å². The van der Waals surface area contributed by atoms with Crippen LogP contribution in [0.1, 0.15) is 5.56 Å². The van der Waals surface area contributed by atoms with E-state index in [4.69, 9.17) is 4.74 Å². The van der Waals surface area contributed by atoms with Gasteiger partial charge in [-0.05, 0) is 30.3 Å². The molecule has 2 aromatic carbocycles. The number of phenolic OH excluding ortho intramolecular Hbond substituents is 1. The minimum atomic E-state index is 0.207. The third kappa shape index (κ3) is 2.48. The van der Waals surface area contributed by atoms with Gasteiger partial charge in [-0.15, -0.1) is 0 Å². The van der Waals surface area contributed by atoms with Gasteiger partial charge in [-0.25, -0.2) is 9.98 Å². The van der Waals surface area contributed by atoms with Crippen molar-refractivity contribution < 1.29 is 9.84 Å². The highest BCUT2D eigenvalue weighted by molar-refractivity contribution is 7.22. The fourth-order valence-electron chi connectivity index (χ4n) is 1.80. The van der Waals surface area contributed by atoms with E-state index in [1.807, 2.05) is 24.3 Å². The SMILES string of the molecule is COc1ccc2nc(N=Cc3ccccc3O)sc2c1. The van der Waals surface area contributed by atoms with E-state index < -0.39 is 0 Å². The molecule has 4 nitrogen and oxygen atoms in total. The van der Waals surface area contributed by atoms with Crippen LogP contribution in [0.2, 0.25) is 0 Å². The number of methoxy groups -OCH3 is 1. The third-order valence-corrected chi connectivity index (χ3v) is 3.76. The first-order chi connectivity index (χ1) is 9.76. The molecule has 0 aliphatic heterocycles. The number of aromatic nitrogens is 1. The predicted molar refractivity (Wildman–Crippen MR) is 81.5 cm³/mol. The second-order valence-electron chi connectivity index (χ2n) is 4.15. The second kappa shape index (κ2) is 5.30. The van der Waals surface area contributed by atoms with Crippen molar-refractivity contribution in [2.24, 2.45) is 4.99 Å². The van der Waals surface area contributed by atoms with Gasteiger partial charge in [0.05, 0.1) is 17.3 Å². The maximum atomic E-state index is 9.67. The van der Waals surface area contributed by atoms with Gasteiger partial charge in [0.15, 0.2) is 0 Å².